The molecular weight excluding hydrogens is 260 g/mol. The van der Waals surface area contributed by atoms with Crippen molar-refractivity contribution in [1.82, 2.24) is 0 Å². The molecule has 0 radical (unpaired) electrons. The third-order valence-electron chi connectivity index (χ3n) is 3.79. The molecule has 2 atom stereocenters. The van der Waals surface area contributed by atoms with Gasteiger partial charge in [-0.3, -0.25) is 4.79 Å². The van der Waals surface area contributed by atoms with Crippen LogP contribution in [0.3, 0.4) is 0 Å². The van der Waals surface area contributed by atoms with Crippen LogP contribution in [0, 0.1) is 0 Å². The lowest BCUT2D eigenvalue weighted by molar-refractivity contribution is -0.0518. The van der Waals surface area contributed by atoms with Gasteiger partial charge in [0, 0.05) is 5.56 Å². The largest absolute Gasteiger partial charge is 0.455 e. The SMILES string of the molecule is O=Cc1cc2ccc1C(=O)OC1CCCCC1OC2=O. The summed E-state index contributed by atoms with van der Waals surface area (Å²) in [4.78, 5) is 35.3. The second kappa shape index (κ2) is 5.07. The third-order valence-corrected chi connectivity index (χ3v) is 3.79. The second-order valence-corrected chi connectivity index (χ2v) is 5.09. The van der Waals surface area contributed by atoms with Crippen LogP contribution in [0.15, 0.2) is 18.2 Å². The van der Waals surface area contributed by atoms with E-state index in [2.05, 4.69) is 0 Å². The van der Waals surface area contributed by atoms with Gasteiger partial charge in [-0.05, 0) is 43.9 Å². The first kappa shape index (κ1) is 12.8. The monoisotopic (exact) mass is 274 g/mol. The van der Waals surface area contributed by atoms with E-state index in [-0.39, 0.29) is 16.7 Å². The lowest BCUT2D eigenvalue weighted by Gasteiger charge is -2.31. The van der Waals surface area contributed by atoms with Crippen LogP contribution < -0.4 is 0 Å². The molecule has 5 nitrogen and oxygen atoms in total. The maximum atomic E-state index is 12.1. The van der Waals surface area contributed by atoms with Crippen LogP contribution in [0.1, 0.15) is 56.8 Å². The summed E-state index contributed by atoms with van der Waals surface area (Å²) in [5.74, 6) is -1.01. The van der Waals surface area contributed by atoms with Gasteiger partial charge in [0.25, 0.3) is 0 Å². The summed E-state index contributed by atoms with van der Waals surface area (Å²) >= 11 is 0. The summed E-state index contributed by atoms with van der Waals surface area (Å²) in [7, 11) is 0. The Morgan fingerprint density at radius 3 is 2.30 bits per heavy atom. The molecule has 4 rings (SSSR count). The lowest BCUT2D eigenvalue weighted by Crippen LogP contribution is -2.38. The Balaban J connectivity index is 2.05. The molecule has 2 bridgehead atoms. The highest BCUT2D eigenvalue weighted by Crippen LogP contribution is 2.27. The minimum absolute atomic E-state index is 0.152. The van der Waals surface area contributed by atoms with Crippen LogP contribution in [0.5, 0.6) is 0 Å². The topological polar surface area (TPSA) is 69.7 Å². The van der Waals surface area contributed by atoms with Crippen LogP contribution in [0.25, 0.3) is 0 Å². The van der Waals surface area contributed by atoms with E-state index < -0.39 is 24.1 Å². The van der Waals surface area contributed by atoms with Crippen LogP contribution in [0.2, 0.25) is 0 Å². The van der Waals surface area contributed by atoms with Gasteiger partial charge in [-0.25, -0.2) is 9.59 Å². The summed E-state index contributed by atoms with van der Waals surface area (Å²) in [5, 5.41) is 0. The van der Waals surface area contributed by atoms with E-state index in [0.717, 1.165) is 12.8 Å². The average molecular weight is 274 g/mol. The van der Waals surface area contributed by atoms with Crippen LogP contribution in [-0.4, -0.2) is 30.4 Å². The van der Waals surface area contributed by atoms with Gasteiger partial charge in [0.15, 0.2) is 6.29 Å². The van der Waals surface area contributed by atoms with Crippen molar-refractivity contribution >= 4 is 18.2 Å². The van der Waals surface area contributed by atoms with Crippen LogP contribution in [-0.2, 0) is 9.47 Å². The molecule has 0 aromatic heterocycles. The van der Waals surface area contributed by atoms with Crippen LogP contribution >= 0.6 is 0 Å². The highest BCUT2D eigenvalue weighted by atomic mass is 16.6. The minimum atomic E-state index is -0.534. The zero-order valence-corrected chi connectivity index (χ0v) is 10.8. The zero-order chi connectivity index (χ0) is 14.1. The maximum absolute atomic E-state index is 12.1. The molecule has 1 fully saturated rings. The number of carbonyl (C=O) groups is 3. The van der Waals surface area contributed by atoms with Crippen molar-refractivity contribution in [1.29, 1.82) is 0 Å². The Morgan fingerprint density at radius 1 is 1.00 bits per heavy atom. The molecular formula is C15H14O5. The second-order valence-electron chi connectivity index (χ2n) is 5.09. The molecule has 3 aliphatic rings. The molecule has 1 saturated carbocycles. The Bertz CT molecular complexity index is 578. The first-order valence-corrected chi connectivity index (χ1v) is 6.70. The van der Waals surface area contributed by atoms with E-state index in [4.69, 9.17) is 9.47 Å². The first-order chi connectivity index (χ1) is 9.69. The Kier molecular flexibility index (Phi) is 3.26. The molecule has 0 spiro atoms. The Labute approximate surface area is 115 Å². The summed E-state index contributed by atoms with van der Waals surface area (Å²) in [6, 6.07) is 4.29. The lowest BCUT2D eigenvalue weighted by atomic mass is 9.94. The number of hydrogen-bond acceptors (Lipinski definition) is 5. The quantitative estimate of drug-likeness (QED) is 0.579. The number of fused-ring (bicyclic) bond motifs is 4. The van der Waals surface area contributed by atoms with Gasteiger partial charge >= 0.3 is 11.9 Å². The fourth-order valence-corrected chi connectivity index (χ4v) is 2.71. The van der Waals surface area contributed by atoms with Gasteiger partial charge in [0.2, 0.25) is 0 Å². The third kappa shape index (κ3) is 2.19. The summed E-state index contributed by atoms with van der Waals surface area (Å²) in [5.41, 5.74) is 0.636. The first-order valence-electron chi connectivity index (χ1n) is 6.70. The number of benzene rings is 1. The molecule has 5 heteroatoms. The fourth-order valence-electron chi connectivity index (χ4n) is 2.71. The summed E-state index contributed by atoms with van der Waals surface area (Å²) in [6.07, 6.45) is 2.99. The van der Waals surface area contributed by atoms with Gasteiger partial charge in [-0.2, -0.15) is 0 Å². The van der Waals surface area contributed by atoms with Crippen molar-refractivity contribution in [2.24, 2.45) is 0 Å². The van der Waals surface area contributed by atoms with Crippen molar-refractivity contribution < 1.29 is 23.9 Å². The number of ether oxygens (including phenoxy) is 2. The van der Waals surface area contributed by atoms with Crippen molar-refractivity contribution in [2.75, 3.05) is 0 Å². The van der Waals surface area contributed by atoms with Crippen molar-refractivity contribution in [2.45, 2.75) is 37.9 Å². The number of aldehydes is 1. The van der Waals surface area contributed by atoms with E-state index in [1.165, 1.54) is 18.2 Å². The molecule has 20 heavy (non-hydrogen) atoms. The van der Waals surface area contributed by atoms with E-state index in [0.29, 0.717) is 19.1 Å². The van der Waals surface area contributed by atoms with E-state index >= 15 is 0 Å². The molecule has 0 N–H and O–H groups in total. The molecule has 0 saturated heterocycles. The number of carbonyl (C=O) groups excluding carboxylic acids is 3. The summed E-state index contributed by atoms with van der Waals surface area (Å²) < 4.78 is 10.9. The van der Waals surface area contributed by atoms with Crippen molar-refractivity contribution in [3.8, 4) is 0 Å². The predicted molar refractivity (Wildman–Crippen MR) is 68.7 cm³/mol. The molecule has 2 aliphatic heterocycles. The Hall–Kier alpha value is -2.17. The van der Waals surface area contributed by atoms with Gasteiger partial charge < -0.3 is 9.47 Å². The Morgan fingerprint density at radius 2 is 1.65 bits per heavy atom. The maximum Gasteiger partial charge on any atom is 0.339 e. The highest BCUT2D eigenvalue weighted by Gasteiger charge is 2.33. The molecule has 104 valence electrons. The minimum Gasteiger partial charge on any atom is -0.455 e. The van der Waals surface area contributed by atoms with Crippen LogP contribution in [0.4, 0.5) is 0 Å². The smallest absolute Gasteiger partial charge is 0.339 e. The summed E-state index contributed by atoms with van der Waals surface area (Å²) in [6.45, 7) is 0. The number of rotatable bonds is 1. The zero-order valence-electron chi connectivity index (χ0n) is 10.8. The van der Waals surface area contributed by atoms with E-state index in [1.807, 2.05) is 0 Å². The van der Waals surface area contributed by atoms with Gasteiger partial charge in [0.05, 0.1) is 11.1 Å². The molecule has 1 aromatic rings. The van der Waals surface area contributed by atoms with E-state index in [9.17, 15) is 14.4 Å². The van der Waals surface area contributed by atoms with Crippen molar-refractivity contribution in [3.05, 3.63) is 34.9 Å². The highest BCUT2D eigenvalue weighted by molar-refractivity contribution is 6.01. The van der Waals surface area contributed by atoms with Crippen molar-refractivity contribution in [3.63, 3.8) is 0 Å². The molecule has 0 amide bonds. The molecule has 1 aromatic carbocycles. The van der Waals surface area contributed by atoms with Gasteiger partial charge in [-0.15, -0.1) is 0 Å². The predicted octanol–water partition coefficient (Wildman–Crippen LogP) is 2.14. The fraction of sp³-hybridized carbons (Fsp3) is 0.400. The molecule has 2 unspecified atom stereocenters. The molecule has 2 heterocycles. The average Bonchev–Trinajstić information content (AvgIpc) is 2.48. The van der Waals surface area contributed by atoms with E-state index in [1.54, 1.807) is 0 Å². The van der Waals surface area contributed by atoms with Gasteiger partial charge in [-0.1, -0.05) is 0 Å². The normalized spacial score (nSPS) is 25.4. The number of hydrogen-bond donors (Lipinski definition) is 0. The molecule has 1 aliphatic carbocycles. The van der Waals surface area contributed by atoms with Gasteiger partial charge in [0.1, 0.15) is 12.2 Å². The number of esters is 2. The standard InChI is InChI=1S/C15H14O5/c16-8-10-7-9-5-6-11(10)15(18)20-13-4-2-1-3-12(13)19-14(9)17/h5-8,12-13H,1-4H2.